The van der Waals surface area contributed by atoms with Gasteiger partial charge in [0.2, 0.25) is 5.91 Å². The maximum Gasteiger partial charge on any atom is 0.235 e. The van der Waals surface area contributed by atoms with E-state index in [0.717, 1.165) is 17.3 Å². The first kappa shape index (κ1) is 19.1. The summed E-state index contributed by atoms with van der Waals surface area (Å²) >= 11 is 3.29. The van der Waals surface area contributed by atoms with Crippen LogP contribution in [0.1, 0.15) is 32.3 Å². The smallest absolute Gasteiger partial charge is 0.235 e. The van der Waals surface area contributed by atoms with Crippen molar-refractivity contribution in [3.63, 3.8) is 0 Å². The van der Waals surface area contributed by atoms with Crippen LogP contribution in [0.25, 0.3) is 0 Å². The molecule has 0 radical (unpaired) electrons. The quantitative estimate of drug-likeness (QED) is 0.709. The van der Waals surface area contributed by atoms with Crippen LogP contribution in [0.3, 0.4) is 0 Å². The number of nitrogens with two attached hydrogens (primary N) is 1. The third kappa shape index (κ3) is 6.46. The molecule has 0 aliphatic carbocycles. The van der Waals surface area contributed by atoms with Crippen molar-refractivity contribution in [2.75, 3.05) is 12.3 Å². The topological polar surface area (TPSA) is 89.3 Å². The molecule has 1 amide bonds. The number of hydrogen-bond donors (Lipinski definition) is 2. The van der Waals surface area contributed by atoms with Crippen molar-refractivity contribution in [3.8, 4) is 0 Å². The Hall–Kier alpha value is -0.920. The molecule has 3 N–H and O–H groups in total. The average Bonchev–Trinajstić information content (AvgIpc) is 2.46. The summed E-state index contributed by atoms with van der Waals surface area (Å²) in [5.41, 5.74) is 6.26. The maximum absolute atomic E-state index is 12.1. The van der Waals surface area contributed by atoms with Gasteiger partial charge in [0, 0.05) is 16.6 Å². The largest absolute Gasteiger partial charge is 0.353 e. The molecular formula is C15H23BrN2O3S. The summed E-state index contributed by atoms with van der Waals surface area (Å²) in [7, 11) is -3.50. The predicted octanol–water partition coefficient (Wildman–Crippen LogP) is 2.00. The van der Waals surface area contributed by atoms with Crippen LogP contribution in [0.2, 0.25) is 0 Å². The number of carbonyl (C=O) groups is 1. The molecule has 1 aromatic carbocycles. The molecule has 124 valence electrons. The van der Waals surface area contributed by atoms with E-state index in [4.69, 9.17) is 5.73 Å². The minimum Gasteiger partial charge on any atom is -0.353 e. The molecule has 1 aromatic rings. The summed E-state index contributed by atoms with van der Waals surface area (Å²) in [4.78, 5) is 11.8. The number of rotatable bonds is 8. The normalized spacial score (nSPS) is 12.2. The van der Waals surface area contributed by atoms with E-state index >= 15 is 0 Å². The van der Waals surface area contributed by atoms with Crippen LogP contribution >= 0.6 is 15.9 Å². The van der Waals surface area contributed by atoms with Gasteiger partial charge in [-0.3, -0.25) is 4.79 Å². The van der Waals surface area contributed by atoms with E-state index in [9.17, 15) is 13.2 Å². The lowest BCUT2D eigenvalue weighted by Gasteiger charge is -2.26. The van der Waals surface area contributed by atoms with E-state index in [2.05, 4.69) is 21.2 Å². The van der Waals surface area contributed by atoms with E-state index in [-0.39, 0.29) is 12.3 Å². The molecule has 0 aliphatic heterocycles. The molecule has 0 bridgehead atoms. The Morgan fingerprint density at radius 1 is 1.23 bits per heavy atom. The monoisotopic (exact) mass is 390 g/mol. The SMILES string of the molecule is CCC(N)(CC)CNC(=O)CS(=O)(=O)Cc1ccc(Br)cc1. The van der Waals surface area contributed by atoms with E-state index in [1.54, 1.807) is 24.3 Å². The fraction of sp³-hybridized carbons (Fsp3) is 0.533. The van der Waals surface area contributed by atoms with Crippen molar-refractivity contribution < 1.29 is 13.2 Å². The van der Waals surface area contributed by atoms with Gasteiger partial charge < -0.3 is 11.1 Å². The van der Waals surface area contributed by atoms with Gasteiger partial charge in [-0.05, 0) is 30.5 Å². The van der Waals surface area contributed by atoms with Gasteiger partial charge in [0.05, 0.1) is 5.75 Å². The Labute approximate surface area is 140 Å². The highest BCUT2D eigenvalue weighted by Crippen LogP contribution is 2.13. The summed E-state index contributed by atoms with van der Waals surface area (Å²) in [6, 6.07) is 6.99. The zero-order chi connectivity index (χ0) is 16.8. The van der Waals surface area contributed by atoms with Crippen molar-refractivity contribution >= 4 is 31.7 Å². The van der Waals surface area contributed by atoms with Crippen LogP contribution in [0, 0.1) is 0 Å². The summed E-state index contributed by atoms with van der Waals surface area (Å²) in [6.07, 6.45) is 1.44. The standard InChI is InChI=1S/C15H23BrN2O3S/c1-3-15(17,4-2)11-18-14(19)10-22(20,21)9-12-5-7-13(16)8-6-12/h5-8H,3-4,9-11,17H2,1-2H3,(H,18,19). The van der Waals surface area contributed by atoms with Crippen LogP contribution in [0.4, 0.5) is 0 Å². The highest BCUT2D eigenvalue weighted by Gasteiger charge is 2.23. The summed E-state index contributed by atoms with van der Waals surface area (Å²) in [5.74, 6) is -1.18. The van der Waals surface area contributed by atoms with E-state index < -0.39 is 27.0 Å². The molecule has 0 aliphatic rings. The molecule has 0 fully saturated rings. The lowest BCUT2D eigenvalue weighted by atomic mass is 9.94. The van der Waals surface area contributed by atoms with E-state index in [1.807, 2.05) is 13.8 Å². The molecule has 0 aromatic heterocycles. The van der Waals surface area contributed by atoms with Gasteiger partial charge in [-0.25, -0.2) is 8.42 Å². The van der Waals surface area contributed by atoms with Crippen LogP contribution < -0.4 is 11.1 Å². The van der Waals surface area contributed by atoms with Crippen molar-refractivity contribution in [2.24, 2.45) is 5.73 Å². The van der Waals surface area contributed by atoms with Gasteiger partial charge in [0.25, 0.3) is 0 Å². The molecule has 0 saturated carbocycles. The highest BCUT2D eigenvalue weighted by molar-refractivity contribution is 9.10. The number of amides is 1. The van der Waals surface area contributed by atoms with Crippen LogP contribution in [-0.2, 0) is 20.4 Å². The molecule has 5 nitrogen and oxygen atoms in total. The molecule has 1 rings (SSSR count). The second-order valence-electron chi connectivity index (χ2n) is 5.50. The Balaban J connectivity index is 2.57. The van der Waals surface area contributed by atoms with Crippen molar-refractivity contribution in [1.29, 1.82) is 0 Å². The van der Waals surface area contributed by atoms with Gasteiger partial charge in [0.1, 0.15) is 5.75 Å². The third-order valence-electron chi connectivity index (χ3n) is 3.70. The first-order chi connectivity index (χ1) is 10.2. The second-order valence-corrected chi connectivity index (χ2v) is 8.49. The maximum atomic E-state index is 12.1. The molecular weight excluding hydrogens is 368 g/mol. The molecule has 7 heteroatoms. The third-order valence-corrected chi connectivity index (χ3v) is 5.70. The molecule has 0 saturated heterocycles. The fourth-order valence-corrected chi connectivity index (χ4v) is 3.48. The Morgan fingerprint density at radius 2 is 1.77 bits per heavy atom. The van der Waals surface area contributed by atoms with Crippen molar-refractivity contribution in [3.05, 3.63) is 34.3 Å². The van der Waals surface area contributed by atoms with Crippen molar-refractivity contribution in [1.82, 2.24) is 5.32 Å². The minimum absolute atomic E-state index is 0.150. The van der Waals surface area contributed by atoms with Gasteiger partial charge in [-0.15, -0.1) is 0 Å². The fourth-order valence-electron chi connectivity index (χ4n) is 1.91. The van der Waals surface area contributed by atoms with Gasteiger partial charge in [-0.1, -0.05) is 41.9 Å². The molecule has 0 atom stereocenters. The van der Waals surface area contributed by atoms with Gasteiger partial charge in [0.15, 0.2) is 9.84 Å². The summed E-state index contributed by atoms with van der Waals surface area (Å²) < 4.78 is 25.0. The average molecular weight is 391 g/mol. The lowest BCUT2D eigenvalue weighted by Crippen LogP contribution is -2.50. The number of benzene rings is 1. The highest BCUT2D eigenvalue weighted by atomic mass is 79.9. The molecule has 22 heavy (non-hydrogen) atoms. The number of carbonyl (C=O) groups excluding carboxylic acids is 1. The zero-order valence-corrected chi connectivity index (χ0v) is 15.3. The Morgan fingerprint density at radius 3 is 2.27 bits per heavy atom. The number of halogens is 1. The summed E-state index contributed by atoms with van der Waals surface area (Å²) in [5, 5.41) is 2.63. The van der Waals surface area contributed by atoms with E-state index in [1.165, 1.54) is 0 Å². The second kappa shape index (κ2) is 8.08. The Kier molecular flexibility index (Phi) is 7.02. The Bertz CT molecular complexity index is 596. The number of nitrogens with one attached hydrogen (secondary N) is 1. The first-order valence-corrected chi connectivity index (χ1v) is 9.81. The first-order valence-electron chi connectivity index (χ1n) is 7.20. The predicted molar refractivity (Wildman–Crippen MR) is 92.1 cm³/mol. The number of hydrogen-bond acceptors (Lipinski definition) is 4. The van der Waals surface area contributed by atoms with Gasteiger partial charge in [-0.2, -0.15) is 0 Å². The molecule has 0 unspecified atom stereocenters. The van der Waals surface area contributed by atoms with Crippen LogP contribution in [0.15, 0.2) is 28.7 Å². The summed E-state index contributed by atoms with van der Waals surface area (Å²) in [6.45, 7) is 4.17. The number of sulfone groups is 1. The van der Waals surface area contributed by atoms with Crippen molar-refractivity contribution in [2.45, 2.75) is 38.0 Å². The zero-order valence-electron chi connectivity index (χ0n) is 12.9. The molecule has 0 heterocycles. The minimum atomic E-state index is -3.50. The lowest BCUT2D eigenvalue weighted by molar-refractivity contribution is -0.118. The molecule has 0 spiro atoms. The van der Waals surface area contributed by atoms with Gasteiger partial charge >= 0.3 is 0 Å². The van der Waals surface area contributed by atoms with Crippen LogP contribution in [-0.4, -0.2) is 32.2 Å². The van der Waals surface area contributed by atoms with E-state index in [0.29, 0.717) is 5.56 Å². The van der Waals surface area contributed by atoms with Crippen LogP contribution in [0.5, 0.6) is 0 Å².